The van der Waals surface area contributed by atoms with Gasteiger partial charge in [-0.1, -0.05) is 6.92 Å². The highest BCUT2D eigenvalue weighted by Crippen LogP contribution is 2.37. The lowest BCUT2D eigenvalue weighted by molar-refractivity contribution is 0.0979. The van der Waals surface area contributed by atoms with Gasteiger partial charge in [0, 0.05) is 50.1 Å². The number of rotatable bonds is 7. The molecule has 2 saturated heterocycles. The first-order valence-corrected chi connectivity index (χ1v) is 14.7. The van der Waals surface area contributed by atoms with Crippen LogP contribution in [0, 0.1) is 5.92 Å². The molecule has 0 aliphatic carbocycles. The van der Waals surface area contributed by atoms with E-state index in [-0.39, 0.29) is 29.3 Å². The zero-order valence-corrected chi connectivity index (χ0v) is 24.4. The average Bonchev–Trinajstić information content (AvgIpc) is 3.42. The smallest absolute Gasteiger partial charge is 0.304 e. The minimum atomic E-state index is -4.02. The number of anilines is 2. The Morgan fingerprint density at radius 2 is 1.84 bits per heavy atom. The highest BCUT2D eigenvalue weighted by atomic mass is 32.2. The molecule has 1 N–H and O–H groups in total. The second-order valence-corrected chi connectivity index (χ2v) is 13.8. The van der Waals surface area contributed by atoms with Gasteiger partial charge in [0.2, 0.25) is 0 Å². The maximum atomic E-state index is 13.2. The third-order valence-electron chi connectivity index (χ3n) is 7.26. The number of nitrogens with one attached hydrogen (secondary N) is 1. The lowest BCUT2D eigenvalue weighted by Gasteiger charge is -2.33. The Labute approximate surface area is 227 Å². The van der Waals surface area contributed by atoms with Crippen LogP contribution in [0.2, 0.25) is 0 Å². The Hall–Kier alpha value is -2.85. The highest BCUT2D eigenvalue weighted by molar-refractivity contribution is 7.87. The molecule has 0 unspecified atom stereocenters. The summed E-state index contributed by atoms with van der Waals surface area (Å²) in [6.07, 6.45) is 3.27. The molecule has 0 spiro atoms. The van der Waals surface area contributed by atoms with Crippen molar-refractivity contribution in [2.24, 2.45) is 5.92 Å². The Bertz CT molecular complexity index is 1260. The summed E-state index contributed by atoms with van der Waals surface area (Å²) in [4.78, 5) is 21.9. The van der Waals surface area contributed by atoms with Crippen molar-refractivity contribution in [2.45, 2.75) is 71.6 Å². The number of hydrogen-bond acceptors (Lipinski definition) is 7. The predicted molar refractivity (Wildman–Crippen MR) is 151 cm³/mol. The molecule has 9 nitrogen and oxygen atoms in total. The molecule has 1 aromatic carbocycles. The van der Waals surface area contributed by atoms with Crippen LogP contribution in [-0.2, 0) is 10.2 Å². The number of carbonyl (C=O) groups is 1. The number of aromatic nitrogens is 1. The van der Waals surface area contributed by atoms with Gasteiger partial charge in [-0.2, -0.15) is 12.7 Å². The lowest BCUT2D eigenvalue weighted by atomic mass is 9.97. The van der Waals surface area contributed by atoms with Crippen LogP contribution in [-0.4, -0.2) is 67.5 Å². The van der Waals surface area contributed by atoms with Crippen LogP contribution in [0.25, 0.3) is 0 Å². The van der Waals surface area contributed by atoms with E-state index in [4.69, 9.17) is 4.74 Å². The number of nitrogens with zero attached hydrogens (tertiary/aromatic N) is 4. The molecule has 2 aliphatic rings. The molecule has 1 aromatic heterocycles. The first-order chi connectivity index (χ1) is 17.7. The van der Waals surface area contributed by atoms with Gasteiger partial charge in [-0.15, -0.1) is 0 Å². The van der Waals surface area contributed by atoms with Crippen LogP contribution in [0.5, 0.6) is 5.75 Å². The molecule has 1 amide bonds. The van der Waals surface area contributed by atoms with Gasteiger partial charge in [-0.05, 0) is 89.8 Å². The first kappa shape index (κ1) is 28.2. The first-order valence-electron chi connectivity index (χ1n) is 13.2. The second kappa shape index (κ2) is 10.4. The van der Waals surface area contributed by atoms with Crippen molar-refractivity contribution in [1.29, 1.82) is 0 Å². The standard InChI is InChI=1S/C28H41N5O4S/c1-20-17-28(5,6)33(18-20)25-24(9-8-15-29-25)26(34)30-38(35,36)32-16-14-22(19-32)31(7)21-10-12-23(13-11-21)37-27(2,3)4/h8-13,15,20,22H,14,16-19H2,1-7H3,(H,30,34)/t20-,22+/m0/s1. The number of amides is 1. The molecule has 0 radical (unpaired) electrons. The molecule has 3 heterocycles. The van der Waals surface area contributed by atoms with Gasteiger partial charge >= 0.3 is 10.2 Å². The van der Waals surface area contributed by atoms with Crippen molar-refractivity contribution in [3.8, 4) is 5.75 Å². The van der Waals surface area contributed by atoms with E-state index in [1.54, 1.807) is 18.3 Å². The number of hydrogen-bond donors (Lipinski definition) is 1. The third-order valence-corrected chi connectivity index (χ3v) is 8.72. The van der Waals surface area contributed by atoms with E-state index in [2.05, 4.69) is 40.3 Å². The van der Waals surface area contributed by atoms with E-state index in [1.165, 1.54) is 4.31 Å². The summed E-state index contributed by atoms with van der Waals surface area (Å²) in [5.74, 6) is 1.10. The third kappa shape index (κ3) is 6.23. The van der Waals surface area contributed by atoms with E-state index in [0.717, 1.165) is 24.4 Å². The second-order valence-electron chi connectivity index (χ2n) is 12.2. The minimum Gasteiger partial charge on any atom is -0.488 e. The molecule has 0 saturated carbocycles. The summed E-state index contributed by atoms with van der Waals surface area (Å²) in [6, 6.07) is 11.1. The number of benzene rings is 1. The summed E-state index contributed by atoms with van der Waals surface area (Å²) in [5, 5.41) is 0. The fourth-order valence-corrected chi connectivity index (χ4v) is 6.73. The zero-order valence-electron chi connectivity index (χ0n) is 23.6. The minimum absolute atomic E-state index is 0.0168. The van der Waals surface area contributed by atoms with Crippen LogP contribution in [0.3, 0.4) is 0 Å². The molecule has 4 rings (SSSR count). The molecule has 208 valence electrons. The Kier molecular flexibility index (Phi) is 7.69. The Morgan fingerprint density at radius 1 is 1.16 bits per heavy atom. The maximum Gasteiger partial charge on any atom is 0.304 e. The van der Waals surface area contributed by atoms with Gasteiger partial charge in [-0.25, -0.2) is 9.71 Å². The SMILES string of the molecule is C[C@@H]1CN(c2ncccc2C(=O)NS(=O)(=O)N2CC[C@@H](N(C)c3ccc(OC(C)(C)C)cc3)C2)C(C)(C)C1. The van der Waals surface area contributed by atoms with Crippen molar-refractivity contribution in [2.75, 3.05) is 36.5 Å². The lowest BCUT2D eigenvalue weighted by Crippen LogP contribution is -2.45. The quantitative estimate of drug-likeness (QED) is 0.563. The molecule has 0 bridgehead atoms. The van der Waals surface area contributed by atoms with Gasteiger partial charge in [0.15, 0.2) is 0 Å². The van der Waals surface area contributed by atoms with Crippen molar-refractivity contribution in [3.63, 3.8) is 0 Å². The van der Waals surface area contributed by atoms with Crippen LogP contribution < -0.4 is 19.3 Å². The topological polar surface area (TPSA) is 95.1 Å². The van der Waals surface area contributed by atoms with Gasteiger partial charge < -0.3 is 14.5 Å². The van der Waals surface area contributed by atoms with Gasteiger partial charge in [0.05, 0.1) is 5.56 Å². The van der Waals surface area contributed by atoms with Crippen molar-refractivity contribution >= 4 is 27.6 Å². The zero-order chi connectivity index (χ0) is 27.9. The van der Waals surface area contributed by atoms with Crippen LogP contribution in [0.1, 0.15) is 64.7 Å². The fraction of sp³-hybridized carbons (Fsp3) is 0.571. The Morgan fingerprint density at radius 3 is 2.45 bits per heavy atom. The predicted octanol–water partition coefficient (Wildman–Crippen LogP) is 4.07. The van der Waals surface area contributed by atoms with E-state index in [1.807, 2.05) is 52.1 Å². The molecule has 2 fully saturated rings. The molecule has 2 aromatic rings. The summed E-state index contributed by atoms with van der Waals surface area (Å²) in [7, 11) is -2.06. The number of ether oxygens (including phenoxy) is 1. The summed E-state index contributed by atoms with van der Waals surface area (Å²) in [6.45, 7) is 13.8. The van der Waals surface area contributed by atoms with Crippen LogP contribution in [0.15, 0.2) is 42.6 Å². The molecule has 38 heavy (non-hydrogen) atoms. The molecular weight excluding hydrogens is 502 g/mol. The Balaban J connectivity index is 1.43. The monoisotopic (exact) mass is 543 g/mol. The summed E-state index contributed by atoms with van der Waals surface area (Å²) in [5.41, 5.74) is 0.786. The summed E-state index contributed by atoms with van der Waals surface area (Å²) >= 11 is 0. The van der Waals surface area contributed by atoms with E-state index >= 15 is 0 Å². The molecule has 2 atom stereocenters. The van der Waals surface area contributed by atoms with Crippen molar-refractivity contribution < 1.29 is 17.9 Å². The highest BCUT2D eigenvalue weighted by Gasteiger charge is 2.40. The number of carbonyl (C=O) groups excluding carboxylic acids is 1. The van der Waals surface area contributed by atoms with E-state index < -0.39 is 16.1 Å². The summed E-state index contributed by atoms with van der Waals surface area (Å²) < 4.78 is 36.0. The normalized spacial score (nSPS) is 21.9. The van der Waals surface area contributed by atoms with Crippen molar-refractivity contribution in [3.05, 3.63) is 48.2 Å². The maximum absolute atomic E-state index is 13.2. The van der Waals surface area contributed by atoms with Crippen LogP contribution in [0.4, 0.5) is 11.5 Å². The fourth-order valence-electron chi connectivity index (χ4n) is 5.54. The van der Waals surface area contributed by atoms with Crippen LogP contribution >= 0.6 is 0 Å². The van der Waals surface area contributed by atoms with Gasteiger partial charge in [-0.3, -0.25) is 4.79 Å². The molecule has 2 aliphatic heterocycles. The number of pyridine rings is 1. The van der Waals surface area contributed by atoms with Crippen molar-refractivity contribution in [1.82, 2.24) is 14.0 Å². The molecular formula is C28H41N5O4S. The largest absolute Gasteiger partial charge is 0.488 e. The van der Waals surface area contributed by atoms with E-state index in [0.29, 0.717) is 24.7 Å². The number of likely N-dealkylation sites (N-methyl/N-ethyl adjacent to an activating group) is 1. The van der Waals surface area contributed by atoms with E-state index in [9.17, 15) is 13.2 Å². The molecule has 10 heteroatoms. The average molecular weight is 544 g/mol. The van der Waals surface area contributed by atoms with Gasteiger partial charge in [0.25, 0.3) is 5.91 Å². The van der Waals surface area contributed by atoms with Gasteiger partial charge in [0.1, 0.15) is 17.2 Å².